The fourth-order valence-electron chi connectivity index (χ4n) is 0. The third kappa shape index (κ3) is 10.3. The molecule has 0 N–H and O–H groups in total. The maximum Gasteiger partial charge on any atom is 0 e. The molecule has 0 spiro atoms. The van der Waals surface area contributed by atoms with Crippen LogP contribution in [-0.2, 0) is 18.6 Å². The molecule has 2 heteroatoms. The first-order valence-corrected chi connectivity index (χ1v) is 3.87. The first-order valence-electron chi connectivity index (χ1n) is 0.577. The van der Waals surface area contributed by atoms with Crippen molar-refractivity contribution in [3.05, 3.63) is 9.86 Å². The third-order valence-electron chi connectivity index (χ3n) is 0. The van der Waals surface area contributed by atoms with Crippen molar-refractivity contribution < 1.29 is 18.6 Å². The van der Waals surface area contributed by atoms with Gasteiger partial charge in [0, 0.05) is 18.6 Å². The van der Waals surface area contributed by atoms with Crippen LogP contribution in [-0.4, -0.2) is 0 Å². The largest absolute Gasteiger partial charge is 0 e. The molecule has 0 aromatic rings. The molecule has 4 heavy (non-hydrogen) atoms. The van der Waals surface area contributed by atoms with E-state index in [2.05, 4.69) is 9.86 Å². The molecular formula is C2H5IV-2. The number of halogens is 1. The van der Waals surface area contributed by atoms with Gasteiger partial charge in [0.05, 0.1) is 0 Å². The van der Waals surface area contributed by atoms with Crippen LogP contribution in [0.5, 0.6) is 0 Å². The van der Waals surface area contributed by atoms with Gasteiger partial charge < -0.3 is 0 Å². The summed E-state index contributed by atoms with van der Waals surface area (Å²) < 4.78 is 0. The molecule has 0 aromatic carbocycles. The Balaban J connectivity index is 0. The van der Waals surface area contributed by atoms with Crippen molar-refractivity contribution in [2.45, 2.75) is 0 Å². The monoisotopic (exact) mass is 207 g/mol. The molecule has 0 aliphatic heterocycles. The van der Waals surface area contributed by atoms with Crippen molar-refractivity contribution in [1.29, 1.82) is 0 Å². The normalized spacial score (nSPS) is 5.50. The Hall–Kier alpha value is 1.31. The standard InChI is InChI=1S/C2H5I.V/c1-3-2;/h3H,1-2H2;/q-2;. The predicted molar refractivity (Wildman–Crippen MR) is 26.1 cm³/mol. The zero-order chi connectivity index (χ0) is 2.71. The smallest absolute Gasteiger partial charge is 0 e. The summed E-state index contributed by atoms with van der Waals surface area (Å²) in [5.74, 6) is 0. The van der Waals surface area contributed by atoms with Crippen LogP contribution in [0.1, 0.15) is 0 Å². The van der Waals surface area contributed by atoms with E-state index in [0.29, 0.717) is 0 Å². The van der Waals surface area contributed by atoms with E-state index in [4.69, 9.17) is 0 Å². The van der Waals surface area contributed by atoms with Crippen molar-refractivity contribution in [3.63, 3.8) is 0 Å². The van der Waals surface area contributed by atoms with Crippen molar-refractivity contribution in [3.8, 4) is 0 Å². The third-order valence-corrected chi connectivity index (χ3v) is 0. The molecule has 0 heterocycles. The Labute approximate surface area is 49.5 Å². The van der Waals surface area contributed by atoms with E-state index in [1.54, 1.807) is 0 Å². The Morgan fingerprint density at radius 2 is 1.25 bits per heavy atom. The van der Waals surface area contributed by atoms with E-state index in [-0.39, 0.29) is 39.8 Å². The molecule has 1 radical (unpaired) electrons. The van der Waals surface area contributed by atoms with Crippen molar-refractivity contribution in [2.75, 3.05) is 0 Å². The number of rotatable bonds is 0. The van der Waals surface area contributed by atoms with Gasteiger partial charge in [0.2, 0.25) is 0 Å². The van der Waals surface area contributed by atoms with Gasteiger partial charge in [-0.3, -0.25) is 0 Å². The molecule has 0 bridgehead atoms. The average molecular weight is 207 g/mol. The summed E-state index contributed by atoms with van der Waals surface area (Å²) in [6.45, 7) is 0. The van der Waals surface area contributed by atoms with E-state index >= 15 is 0 Å². The van der Waals surface area contributed by atoms with Gasteiger partial charge in [-0.25, -0.2) is 0 Å². The first kappa shape index (κ1) is 9.01. The second-order valence-corrected chi connectivity index (χ2v) is 1.37. The average Bonchev–Trinajstić information content (AvgIpc) is 0.918. The number of hydrogen-bond acceptors (Lipinski definition) is 0. The van der Waals surface area contributed by atoms with E-state index in [1.807, 2.05) is 0 Å². The summed E-state index contributed by atoms with van der Waals surface area (Å²) in [7, 11) is 0. The molecular weight excluding hydrogens is 202 g/mol. The van der Waals surface area contributed by atoms with Gasteiger partial charge >= 0.3 is 31.1 Å². The summed E-state index contributed by atoms with van der Waals surface area (Å²) >= 11 is -0.0300. The molecule has 0 amide bonds. The van der Waals surface area contributed by atoms with E-state index in [1.165, 1.54) is 0 Å². The van der Waals surface area contributed by atoms with E-state index in [9.17, 15) is 0 Å². The summed E-state index contributed by atoms with van der Waals surface area (Å²) in [6.07, 6.45) is 0. The van der Waals surface area contributed by atoms with E-state index in [0.717, 1.165) is 0 Å². The Morgan fingerprint density at radius 3 is 1.25 bits per heavy atom. The zero-order valence-corrected chi connectivity index (χ0v) is 6.00. The van der Waals surface area contributed by atoms with Crippen molar-refractivity contribution in [2.24, 2.45) is 0 Å². The quantitative estimate of drug-likeness (QED) is 0.414. The van der Waals surface area contributed by atoms with Gasteiger partial charge in [0.1, 0.15) is 0 Å². The van der Waals surface area contributed by atoms with Gasteiger partial charge in [-0.1, -0.05) is 0 Å². The Kier molecular flexibility index (Phi) is 19.9. The number of hydrogen-bond donors (Lipinski definition) is 0. The van der Waals surface area contributed by atoms with Gasteiger partial charge in [0.25, 0.3) is 0 Å². The van der Waals surface area contributed by atoms with Gasteiger partial charge in [0.15, 0.2) is 0 Å². The van der Waals surface area contributed by atoms with Crippen LogP contribution < -0.4 is 0 Å². The van der Waals surface area contributed by atoms with Crippen molar-refractivity contribution >= 4 is 21.2 Å². The second-order valence-electron chi connectivity index (χ2n) is 0.204. The predicted octanol–water partition coefficient (Wildman–Crippen LogP) is 1.27. The molecule has 0 aliphatic rings. The molecule has 0 fully saturated rings. The maximum atomic E-state index is 3.50. The molecule has 27 valence electrons. The fraction of sp³-hybridized carbons (Fsp3) is 0. The van der Waals surface area contributed by atoms with Gasteiger partial charge in [-0.2, -0.15) is 0 Å². The fourth-order valence-corrected chi connectivity index (χ4v) is 0. The summed E-state index contributed by atoms with van der Waals surface area (Å²) in [4.78, 5) is 7.01. The Bertz CT molecular complexity index is 6.00. The maximum absolute atomic E-state index is 3.50. The van der Waals surface area contributed by atoms with Crippen molar-refractivity contribution in [1.82, 2.24) is 0 Å². The minimum absolute atomic E-state index is 0. The summed E-state index contributed by atoms with van der Waals surface area (Å²) in [6, 6.07) is 0. The van der Waals surface area contributed by atoms with Gasteiger partial charge in [-0.15, -0.1) is 0 Å². The van der Waals surface area contributed by atoms with Crippen LogP contribution in [0.25, 0.3) is 0 Å². The van der Waals surface area contributed by atoms with Crippen LogP contribution in [0.15, 0.2) is 0 Å². The molecule has 0 saturated heterocycles. The van der Waals surface area contributed by atoms with Gasteiger partial charge in [-0.05, 0) is 0 Å². The summed E-state index contributed by atoms with van der Waals surface area (Å²) in [5, 5.41) is 0. The van der Waals surface area contributed by atoms with Crippen LogP contribution >= 0.6 is 21.2 Å². The minimum atomic E-state index is -0.0300. The zero-order valence-electron chi connectivity index (χ0n) is 2.27. The molecule has 0 unspecified atom stereocenters. The van der Waals surface area contributed by atoms with Crippen LogP contribution in [0.4, 0.5) is 0 Å². The summed E-state index contributed by atoms with van der Waals surface area (Å²) in [5.41, 5.74) is 0. The molecule has 0 aliphatic carbocycles. The molecule has 0 saturated carbocycles. The second kappa shape index (κ2) is 8.85. The minimum Gasteiger partial charge on any atom is 0 e. The molecule has 0 nitrogen and oxygen atoms in total. The molecule has 0 rings (SSSR count). The van der Waals surface area contributed by atoms with E-state index < -0.39 is 0 Å². The van der Waals surface area contributed by atoms with Crippen LogP contribution in [0, 0.1) is 9.86 Å². The molecule has 0 aromatic heterocycles. The van der Waals surface area contributed by atoms with Crippen LogP contribution in [0.3, 0.4) is 0 Å². The van der Waals surface area contributed by atoms with Crippen LogP contribution in [0.2, 0.25) is 0 Å². The topological polar surface area (TPSA) is 0 Å². The first-order chi connectivity index (χ1) is 1.41. The SMILES string of the molecule is [CH2-][IH][CH2-].[V]. The Morgan fingerprint density at radius 1 is 1.25 bits per heavy atom. The molecule has 0 atom stereocenters.